The summed E-state index contributed by atoms with van der Waals surface area (Å²) >= 11 is 0. The highest BCUT2D eigenvalue weighted by molar-refractivity contribution is 5.75. The molecule has 2 aromatic carbocycles. The predicted octanol–water partition coefficient (Wildman–Crippen LogP) is 3.20. The number of urea groups is 1. The number of nitrogens with one attached hydrogen (secondary N) is 1. The Morgan fingerprint density at radius 3 is 2.03 bits per heavy atom. The fraction of sp³-hybridized carbons (Fsp3) is 0.458. The first-order chi connectivity index (χ1) is 14.2. The zero-order chi connectivity index (χ0) is 20.1. The largest absolute Gasteiger partial charge is 0.327 e. The Hall–Kier alpha value is -2.37. The Balaban J connectivity index is 1.36. The second-order valence-electron chi connectivity index (χ2n) is 8.27. The van der Waals surface area contributed by atoms with Crippen molar-refractivity contribution in [2.75, 3.05) is 46.3 Å². The van der Waals surface area contributed by atoms with Gasteiger partial charge in [-0.25, -0.2) is 4.79 Å². The van der Waals surface area contributed by atoms with Gasteiger partial charge < -0.3 is 15.1 Å². The normalized spacial score (nSPS) is 20.9. The highest BCUT2D eigenvalue weighted by Gasteiger charge is 2.28. The van der Waals surface area contributed by atoms with Crippen LogP contribution in [-0.4, -0.2) is 73.1 Å². The van der Waals surface area contributed by atoms with Crippen molar-refractivity contribution in [2.24, 2.45) is 0 Å². The maximum absolute atomic E-state index is 13.0. The van der Waals surface area contributed by atoms with Crippen LogP contribution in [0.2, 0.25) is 0 Å². The molecule has 5 nitrogen and oxygen atoms in total. The van der Waals surface area contributed by atoms with Gasteiger partial charge in [0, 0.05) is 38.8 Å². The first kappa shape index (κ1) is 19.9. The number of likely N-dealkylation sites (tertiary alicyclic amines) is 1. The lowest BCUT2D eigenvalue weighted by atomic mass is 9.99. The van der Waals surface area contributed by atoms with E-state index >= 15 is 0 Å². The summed E-state index contributed by atoms with van der Waals surface area (Å²) < 4.78 is 0. The van der Waals surface area contributed by atoms with Gasteiger partial charge in [0.05, 0.1) is 6.04 Å². The molecular formula is C24H32N4O. The molecule has 2 saturated heterocycles. The Morgan fingerprint density at radius 2 is 1.52 bits per heavy atom. The van der Waals surface area contributed by atoms with Crippen LogP contribution in [0.25, 0.3) is 0 Å². The van der Waals surface area contributed by atoms with Gasteiger partial charge in [0.1, 0.15) is 0 Å². The first-order valence-corrected chi connectivity index (χ1v) is 10.8. The smallest absolute Gasteiger partial charge is 0.318 e. The summed E-state index contributed by atoms with van der Waals surface area (Å²) in [5, 5.41) is 3.27. The molecule has 0 radical (unpaired) electrons. The lowest BCUT2D eigenvalue weighted by molar-refractivity contribution is 0.118. The van der Waals surface area contributed by atoms with E-state index in [4.69, 9.17) is 0 Å². The van der Waals surface area contributed by atoms with E-state index in [1.54, 1.807) is 0 Å². The number of carbonyl (C=O) groups excluding carboxylic acids is 1. The quantitative estimate of drug-likeness (QED) is 0.849. The van der Waals surface area contributed by atoms with Crippen molar-refractivity contribution in [3.63, 3.8) is 0 Å². The van der Waals surface area contributed by atoms with Crippen molar-refractivity contribution in [1.29, 1.82) is 0 Å². The second-order valence-corrected chi connectivity index (χ2v) is 8.27. The van der Waals surface area contributed by atoms with Crippen LogP contribution in [0.5, 0.6) is 0 Å². The van der Waals surface area contributed by atoms with Gasteiger partial charge in [-0.1, -0.05) is 60.7 Å². The van der Waals surface area contributed by atoms with Crippen molar-refractivity contribution >= 4 is 6.03 Å². The molecule has 1 atom stereocenters. The van der Waals surface area contributed by atoms with E-state index in [0.29, 0.717) is 6.04 Å². The van der Waals surface area contributed by atoms with Crippen molar-refractivity contribution in [3.8, 4) is 0 Å². The van der Waals surface area contributed by atoms with Crippen LogP contribution in [0.1, 0.15) is 30.0 Å². The minimum Gasteiger partial charge on any atom is -0.327 e. The van der Waals surface area contributed by atoms with Crippen LogP contribution in [0, 0.1) is 0 Å². The molecule has 2 aromatic rings. The average Bonchev–Trinajstić information content (AvgIpc) is 3.18. The molecular weight excluding hydrogens is 360 g/mol. The van der Waals surface area contributed by atoms with Gasteiger partial charge in [-0.15, -0.1) is 0 Å². The molecule has 5 heteroatoms. The van der Waals surface area contributed by atoms with Gasteiger partial charge in [0.25, 0.3) is 0 Å². The molecule has 2 aliphatic rings. The maximum Gasteiger partial charge on any atom is 0.318 e. The second kappa shape index (κ2) is 9.42. The molecule has 0 aliphatic carbocycles. The van der Waals surface area contributed by atoms with Crippen LogP contribution < -0.4 is 5.32 Å². The summed E-state index contributed by atoms with van der Waals surface area (Å²) in [6.07, 6.45) is 2.61. The van der Waals surface area contributed by atoms with E-state index in [2.05, 4.69) is 46.4 Å². The third-order valence-corrected chi connectivity index (χ3v) is 6.33. The number of carbonyl (C=O) groups is 1. The molecule has 1 unspecified atom stereocenters. The Bertz CT molecular complexity index is 734. The molecule has 4 rings (SSSR count). The van der Waals surface area contributed by atoms with Crippen LogP contribution in [0.4, 0.5) is 4.79 Å². The van der Waals surface area contributed by atoms with Crippen molar-refractivity contribution in [3.05, 3.63) is 71.8 Å². The number of likely N-dealkylation sites (N-methyl/N-ethyl adjacent to an activating group) is 1. The number of nitrogens with zero attached hydrogens (tertiary/aromatic N) is 3. The molecule has 1 N–H and O–H groups in total. The standard InChI is InChI=1S/C24H32N4O/c1-26-14-8-13-22(26)19-27-15-17-28(18-16-27)24(29)25-23(20-9-4-2-5-10-20)21-11-6-3-7-12-21/h2-7,9-12,22-23H,8,13-19H2,1H3,(H,25,29). The topological polar surface area (TPSA) is 38.8 Å². The van der Waals surface area contributed by atoms with Crippen LogP contribution in [-0.2, 0) is 0 Å². The van der Waals surface area contributed by atoms with Gasteiger partial charge in [0.15, 0.2) is 0 Å². The minimum absolute atomic E-state index is 0.0281. The Labute approximate surface area is 174 Å². The van der Waals surface area contributed by atoms with Crippen LogP contribution in [0.15, 0.2) is 60.7 Å². The molecule has 2 aliphatic heterocycles. The third-order valence-electron chi connectivity index (χ3n) is 6.33. The third kappa shape index (κ3) is 4.98. The number of amides is 2. The van der Waals surface area contributed by atoms with Gasteiger partial charge in [0.2, 0.25) is 0 Å². The Morgan fingerprint density at radius 1 is 0.931 bits per heavy atom. The van der Waals surface area contributed by atoms with Crippen molar-refractivity contribution < 1.29 is 4.79 Å². The Kier molecular flexibility index (Phi) is 6.47. The van der Waals surface area contributed by atoms with E-state index in [9.17, 15) is 4.79 Å². The maximum atomic E-state index is 13.0. The predicted molar refractivity (Wildman–Crippen MR) is 117 cm³/mol. The number of hydrogen-bond acceptors (Lipinski definition) is 3. The summed E-state index contributed by atoms with van der Waals surface area (Å²) in [5.74, 6) is 0. The summed E-state index contributed by atoms with van der Waals surface area (Å²) in [6, 6.07) is 21.0. The summed E-state index contributed by atoms with van der Waals surface area (Å²) in [5.41, 5.74) is 2.21. The fourth-order valence-corrected chi connectivity index (χ4v) is 4.51. The van der Waals surface area contributed by atoms with E-state index in [0.717, 1.165) is 43.9 Å². The van der Waals surface area contributed by atoms with E-state index in [-0.39, 0.29) is 12.1 Å². The van der Waals surface area contributed by atoms with Gasteiger partial charge in [-0.05, 0) is 37.6 Å². The number of hydrogen-bond donors (Lipinski definition) is 1. The molecule has 0 aromatic heterocycles. The monoisotopic (exact) mass is 392 g/mol. The average molecular weight is 393 g/mol. The summed E-state index contributed by atoms with van der Waals surface area (Å²) in [6.45, 7) is 5.84. The van der Waals surface area contributed by atoms with Gasteiger partial charge in [-0.2, -0.15) is 0 Å². The van der Waals surface area contributed by atoms with Crippen LogP contribution >= 0.6 is 0 Å². The molecule has 0 saturated carbocycles. The lowest BCUT2D eigenvalue weighted by Gasteiger charge is -2.37. The van der Waals surface area contributed by atoms with E-state index in [1.165, 1.54) is 19.4 Å². The zero-order valence-corrected chi connectivity index (χ0v) is 17.3. The van der Waals surface area contributed by atoms with Crippen LogP contribution in [0.3, 0.4) is 0 Å². The molecule has 154 valence electrons. The molecule has 0 spiro atoms. The molecule has 29 heavy (non-hydrogen) atoms. The number of piperazine rings is 1. The zero-order valence-electron chi connectivity index (χ0n) is 17.3. The molecule has 0 bridgehead atoms. The fourth-order valence-electron chi connectivity index (χ4n) is 4.51. The minimum atomic E-state index is -0.130. The van der Waals surface area contributed by atoms with Gasteiger partial charge in [-0.3, -0.25) is 4.90 Å². The molecule has 2 amide bonds. The molecule has 2 heterocycles. The summed E-state index contributed by atoms with van der Waals surface area (Å²) in [7, 11) is 2.23. The van der Waals surface area contributed by atoms with Gasteiger partial charge >= 0.3 is 6.03 Å². The first-order valence-electron chi connectivity index (χ1n) is 10.8. The van der Waals surface area contributed by atoms with Crippen molar-refractivity contribution in [1.82, 2.24) is 20.0 Å². The SMILES string of the molecule is CN1CCCC1CN1CCN(C(=O)NC(c2ccccc2)c2ccccc2)CC1. The highest BCUT2D eigenvalue weighted by atomic mass is 16.2. The van der Waals surface area contributed by atoms with E-state index in [1.807, 2.05) is 41.3 Å². The summed E-state index contributed by atoms with van der Waals surface area (Å²) in [4.78, 5) is 20.0. The lowest BCUT2D eigenvalue weighted by Crippen LogP contribution is -2.54. The van der Waals surface area contributed by atoms with E-state index < -0.39 is 0 Å². The number of rotatable bonds is 5. The number of benzene rings is 2. The molecule has 2 fully saturated rings. The highest BCUT2D eigenvalue weighted by Crippen LogP contribution is 2.22. The van der Waals surface area contributed by atoms with Crippen molar-refractivity contribution in [2.45, 2.75) is 24.9 Å².